The number of hydrogen-bond acceptors (Lipinski definition) is 3. The second kappa shape index (κ2) is 5.52. The highest BCUT2D eigenvalue weighted by atomic mass is 16.3. The van der Waals surface area contributed by atoms with Crippen LogP contribution in [-0.4, -0.2) is 23.3 Å². The van der Waals surface area contributed by atoms with Crippen LogP contribution in [0, 0.1) is 34.5 Å². The molecule has 0 saturated heterocycles. The van der Waals surface area contributed by atoms with Crippen LogP contribution in [0.15, 0.2) is 11.6 Å². The van der Waals surface area contributed by atoms with E-state index in [1.807, 2.05) is 6.08 Å². The fraction of sp³-hybridized carbons (Fsp3) is 0.810. The van der Waals surface area contributed by atoms with Gasteiger partial charge in [-0.05, 0) is 79.6 Å². The summed E-state index contributed by atoms with van der Waals surface area (Å²) in [5, 5.41) is 9.36. The number of rotatable bonds is 2. The van der Waals surface area contributed by atoms with E-state index in [1.54, 1.807) is 0 Å². The summed E-state index contributed by atoms with van der Waals surface area (Å²) < 4.78 is 0. The van der Waals surface area contributed by atoms with E-state index in [9.17, 15) is 14.7 Å². The highest BCUT2D eigenvalue weighted by Crippen LogP contribution is 2.66. The Balaban J connectivity index is 1.65. The van der Waals surface area contributed by atoms with Crippen molar-refractivity contribution in [2.24, 2.45) is 34.5 Å². The zero-order chi connectivity index (χ0) is 17.1. The highest BCUT2D eigenvalue weighted by molar-refractivity contribution is 5.91. The van der Waals surface area contributed by atoms with Gasteiger partial charge in [-0.2, -0.15) is 0 Å². The van der Waals surface area contributed by atoms with Gasteiger partial charge in [-0.3, -0.25) is 9.59 Å². The molecule has 0 radical (unpaired) electrons. The van der Waals surface area contributed by atoms with Crippen LogP contribution in [0.3, 0.4) is 0 Å². The second-order valence-electron chi connectivity index (χ2n) is 9.27. The maximum Gasteiger partial charge on any atom is 0.161 e. The van der Waals surface area contributed by atoms with Gasteiger partial charge in [0.25, 0.3) is 0 Å². The summed E-state index contributed by atoms with van der Waals surface area (Å²) in [5.41, 5.74) is 1.70. The van der Waals surface area contributed by atoms with Crippen molar-refractivity contribution < 1.29 is 14.7 Å². The quantitative estimate of drug-likeness (QED) is 0.840. The van der Waals surface area contributed by atoms with Crippen LogP contribution in [0.5, 0.6) is 0 Å². The molecule has 4 aliphatic carbocycles. The number of aliphatic hydroxyl groups is 1. The van der Waals surface area contributed by atoms with Crippen LogP contribution in [0.2, 0.25) is 0 Å². The number of fused-ring (bicyclic) bond motifs is 5. The van der Waals surface area contributed by atoms with Gasteiger partial charge < -0.3 is 5.11 Å². The average Bonchev–Trinajstić information content (AvgIpc) is 2.92. The van der Waals surface area contributed by atoms with Crippen molar-refractivity contribution >= 4 is 11.6 Å². The van der Waals surface area contributed by atoms with Gasteiger partial charge in [-0.1, -0.05) is 19.4 Å². The van der Waals surface area contributed by atoms with Crippen LogP contribution in [0.4, 0.5) is 0 Å². The molecule has 0 aliphatic heterocycles. The lowest BCUT2D eigenvalue weighted by atomic mass is 9.46. The smallest absolute Gasteiger partial charge is 0.161 e. The van der Waals surface area contributed by atoms with Gasteiger partial charge in [0.1, 0.15) is 6.61 Å². The first kappa shape index (κ1) is 16.5. The fourth-order valence-corrected chi connectivity index (χ4v) is 7.20. The summed E-state index contributed by atoms with van der Waals surface area (Å²) in [4.78, 5) is 24.1. The first-order valence-corrected chi connectivity index (χ1v) is 9.77. The molecule has 0 spiro atoms. The molecule has 0 aromatic carbocycles. The maximum atomic E-state index is 12.3. The van der Waals surface area contributed by atoms with E-state index in [2.05, 4.69) is 13.8 Å². The van der Waals surface area contributed by atoms with E-state index in [4.69, 9.17) is 0 Å². The molecule has 0 amide bonds. The molecule has 6 atom stereocenters. The van der Waals surface area contributed by atoms with Gasteiger partial charge in [-0.25, -0.2) is 0 Å². The van der Waals surface area contributed by atoms with Crippen molar-refractivity contribution in [3.63, 3.8) is 0 Å². The second-order valence-corrected chi connectivity index (χ2v) is 9.27. The first-order chi connectivity index (χ1) is 11.4. The molecule has 4 aliphatic rings. The number of carbonyl (C=O) groups excluding carboxylic acids is 2. The van der Waals surface area contributed by atoms with Crippen molar-refractivity contribution in [1.29, 1.82) is 0 Å². The van der Waals surface area contributed by atoms with E-state index in [-0.39, 0.29) is 29.1 Å². The standard InChI is InChI=1S/C21H30O3/c1-20-9-7-14(23)11-13(20)3-4-15-16-5-6-18(19(24)12-22)21(16,2)10-8-17(15)20/h11,15-18,22H,3-10,12H2,1-2H3/t15?,16?,17?,18?,20?,21-/m0/s1. The van der Waals surface area contributed by atoms with Crippen LogP contribution in [0.25, 0.3) is 0 Å². The van der Waals surface area contributed by atoms with Gasteiger partial charge >= 0.3 is 0 Å². The molecule has 3 heteroatoms. The van der Waals surface area contributed by atoms with Crippen molar-refractivity contribution in [1.82, 2.24) is 0 Å². The van der Waals surface area contributed by atoms with E-state index in [1.165, 1.54) is 18.4 Å². The summed E-state index contributed by atoms with van der Waals surface area (Å²) in [7, 11) is 0. The summed E-state index contributed by atoms with van der Waals surface area (Å²) in [5.74, 6) is 2.42. The van der Waals surface area contributed by atoms with Crippen molar-refractivity contribution in [3.05, 3.63) is 11.6 Å². The number of carbonyl (C=O) groups is 2. The summed E-state index contributed by atoms with van der Waals surface area (Å²) >= 11 is 0. The van der Waals surface area contributed by atoms with Crippen LogP contribution < -0.4 is 0 Å². The zero-order valence-corrected chi connectivity index (χ0v) is 15.0. The maximum absolute atomic E-state index is 12.3. The average molecular weight is 330 g/mol. The Labute approximate surface area is 144 Å². The molecule has 4 rings (SSSR count). The topological polar surface area (TPSA) is 54.4 Å². The summed E-state index contributed by atoms with van der Waals surface area (Å²) in [6.07, 6.45) is 10.3. The molecule has 24 heavy (non-hydrogen) atoms. The SMILES string of the molecule is CC12CCC(=O)C=C1CCC1C2CC[C@]2(C)C(C(=O)CO)CCC12. The van der Waals surface area contributed by atoms with E-state index >= 15 is 0 Å². The molecule has 3 saturated carbocycles. The van der Waals surface area contributed by atoms with Crippen LogP contribution in [-0.2, 0) is 9.59 Å². The molecule has 3 nitrogen and oxygen atoms in total. The minimum absolute atomic E-state index is 0.0596. The monoisotopic (exact) mass is 330 g/mol. The molecule has 0 bridgehead atoms. The molecule has 0 heterocycles. The third kappa shape index (κ3) is 2.13. The molecule has 132 valence electrons. The number of hydrogen-bond donors (Lipinski definition) is 1. The molecule has 1 N–H and O–H groups in total. The van der Waals surface area contributed by atoms with Gasteiger partial charge in [-0.15, -0.1) is 0 Å². The number of allylic oxidation sites excluding steroid dienone is 1. The molecule has 5 unspecified atom stereocenters. The minimum atomic E-state index is -0.298. The van der Waals surface area contributed by atoms with Crippen LogP contribution >= 0.6 is 0 Å². The summed E-state index contributed by atoms with van der Waals surface area (Å²) in [6, 6.07) is 0. The van der Waals surface area contributed by atoms with E-state index in [0.29, 0.717) is 30.0 Å². The predicted molar refractivity (Wildman–Crippen MR) is 92.3 cm³/mol. The van der Waals surface area contributed by atoms with Gasteiger partial charge in [0.15, 0.2) is 11.6 Å². The number of ketones is 2. The molecular formula is C21H30O3. The lowest BCUT2D eigenvalue weighted by Crippen LogP contribution is -2.51. The van der Waals surface area contributed by atoms with E-state index in [0.717, 1.165) is 32.1 Å². The lowest BCUT2D eigenvalue weighted by molar-refractivity contribution is -0.133. The Morgan fingerprint density at radius 2 is 1.92 bits per heavy atom. The van der Waals surface area contributed by atoms with Gasteiger partial charge in [0.2, 0.25) is 0 Å². The largest absolute Gasteiger partial charge is 0.389 e. The zero-order valence-electron chi connectivity index (χ0n) is 15.0. The molecule has 0 aromatic rings. The summed E-state index contributed by atoms with van der Waals surface area (Å²) in [6.45, 7) is 4.42. The van der Waals surface area contributed by atoms with E-state index < -0.39 is 0 Å². The Morgan fingerprint density at radius 3 is 2.67 bits per heavy atom. The van der Waals surface area contributed by atoms with Gasteiger partial charge in [0.05, 0.1) is 0 Å². The first-order valence-electron chi connectivity index (χ1n) is 9.77. The Morgan fingerprint density at radius 1 is 1.12 bits per heavy atom. The minimum Gasteiger partial charge on any atom is -0.389 e. The molecular weight excluding hydrogens is 300 g/mol. The number of aliphatic hydroxyl groups excluding tert-OH is 1. The molecule has 0 aromatic heterocycles. The lowest BCUT2D eigenvalue weighted by Gasteiger charge is -2.58. The Kier molecular flexibility index (Phi) is 3.80. The fourth-order valence-electron chi connectivity index (χ4n) is 7.20. The van der Waals surface area contributed by atoms with Crippen LogP contribution in [0.1, 0.15) is 65.2 Å². The number of Topliss-reactive ketones (excluding diaryl/α,β-unsaturated/α-hetero) is 1. The van der Waals surface area contributed by atoms with Crippen molar-refractivity contribution in [3.8, 4) is 0 Å². The van der Waals surface area contributed by atoms with Gasteiger partial charge in [0, 0.05) is 12.3 Å². The highest BCUT2D eigenvalue weighted by Gasteiger charge is 2.59. The normalized spacial score (nSPS) is 47.5. The predicted octanol–water partition coefficient (Wildman–Crippen LogP) is 3.70. The Bertz CT molecular complexity index is 606. The third-order valence-electron chi connectivity index (χ3n) is 8.51. The van der Waals surface area contributed by atoms with Crippen molar-refractivity contribution in [2.75, 3.05) is 6.61 Å². The van der Waals surface area contributed by atoms with Crippen molar-refractivity contribution in [2.45, 2.75) is 65.2 Å². The Hall–Kier alpha value is -0.960. The third-order valence-corrected chi connectivity index (χ3v) is 8.51. The molecule has 3 fully saturated rings.